The quantitative estimate of drug-likeness (QED) is 0.550. The summed E-state index contributed by atoms with van der Waals surface area (Å²) < 4.78 is 39.5. The maximum atomic E-state index is 13.2. The number of nitrogens with zero attached hydrogens (tertiary/aromatic N) is 5. The summed E-state index contributed by atoms with van der Waals surface area (Å²) >= 11 is 0. The van der Waals surface area contributed by atoms with Gasteiger partial charge >= 0.3 is 6.18 Å². The van der Waals surface area contributed by atoms with Crippen molar-refractivity contribution in [1.29, 1.82) is 0 Å². The van der Waals surface area contributed by atoms with Crippen molar-refractivity contribution in [2.24, 2.45) is 0 Å². The van der Waals surface area contributed by atoms with Gasteiger partial charge < -0.3 is 5.32 Å². The first-order valence-electron chi connectivity index (χ1n) is 8.70. The van der Waals surface area contributed by atoms with E-state index in [1.165, 1.54) is 18.5 Å². The third kappa shape index (κ3) is 3.98. The molecule has 4 heterocycles. The van der Waals surface area contributed by atoms with Gasteiger partial charge in [0.25, 0.3) is 0 Å². The van der Waals surface area contributed by atoms with Gasteiger partial charge in [0.2, 0.25) is 0 Å². The number of halogens is 3. The number of hydrogen-bond donors (Lipinski definition) is 1. The van der Waals surface area contributed by atoms with Crippen molar-refractivity contribution in [3.8, 4) is 11.1 Å². The van der Waals surface area contributed by atoms with E-state index >= 15 is 0 Å². The lowest BCUT2D eigenvalue weighted by molar-refractivity contribution is -0.141. The molecule has 146 valence electrons. The smallest absolute Gasteiger partial charge is 0.365 e. The van der Waals surface area contributed by atoms with Crippen molar-refractivity contribution < 1.29 is 13.2 Å². The molecule has 0 bridgehead atoms. The summed E-state index contributed by atoms with van der Waals surface area (Å²) in [5, 5.41) is 3.56. The number of nitrogens with one attached hydrogen (secondary N) is 1. The molecule has 6 nitrogen and oxygen atoms in total. The third-order valence-corrected chi connectivity index (χ3v) is 4.34. The van der Waals surface area contributed by atoms with E-state index < -0.39 is 11.9 Å². The zero-order chi connectivity index (χ0) is 20.4. The summed E-state index contributed by atoms with van der Waals surface area (Å²) in [4.78, 5) is 20.4. The van der Waals surface area contributed by atoms with Crippen molar-refractivity contribution >= 4 is 16.9 Å². The number of alkyl halides is 3. The molecule has 0 aliphatic carbocycles. The number of pyridine rings is 3. The van der Waals surface area contributed by atoms with E-state index in [1.807, 2.05) is 25.1 Å². The predicted molar refractivity (Wildman–Crippen MR) is 102 cm³/mol. The van der Waals surface area contributed by atoms with Crippen LogP contribution in [0.2, 0.25) is 0 Å². The topological polar surface area (TPSA) is 76.5 Å². The van der Waals surface area contributed by atoms with E-state index in [1.54, 1.807) is 12.4 Å². The molecule has 0 fully saturated rings. The zero-order valence-electron chi connectivity index (χ0n) is 15.3. The second-order valence-corrected chi connectivity index (χ2v) is 6.37. The minimum Gasteiger partial charge on any atom is -0.365 e. The Bertz CT molecular complexity index is 1160. The lowest BCUT2D eigenvalue weighted by Gasteiger charge is -2.13. The summed E-state index contributed by atoms with van der Waals surface area (Å²) in [6.07, 6.45) is 1.32. The molecule has 0 radical (unpaired) electrons. The van der Waals surface area contributed by atoms with Crippen LogP contribution < -0.4 is 5.32 Å². The van der Waals surface area contributed by atoms with Gasteiger partial charge in [0.05, 0.1) is 5.39 Å². The van der Waals surface area contributed by atoms with Gasteiger partial charge in [0, 0.05) is 47.5 Å². The minimum absolute atomic E-state index is 0.0265. The average molecular weight is 396 g/mol. The highest BCUT2D eigenvalue weighted by Crippen LogP contribution is 2.31. The lowest BCUT2D eigenvalue weighted by atomic mass is 10.1. The molecule has 1 N–H and O–H groups in total. The molecule has 0 aliphatic heterocycles. The molecule has 29 heavy (non-hydrogen) atoms. The molecule has 9 heteroatoms. The van der Waals surface area contributed by atoms with Crippen LogP contribution in [0.15, 0.2) is 55.2 Å². The molecule has 0 spiro atoms. The van der Waals surface area contributed by atoms with Gasteiger partial charge in [-0.25, -0.2) is 15.0 Å². The van der Waals surface area contributed by atoms with E-state index in [9.17, 15) is 13.2 Å². The monoisotopic (exact) mass is 396 g/mol. The van der Waals surface area contributed by atoms with E-state index in [0.29, 0.717) is 16.9 Å². The molecular weight excluding hydrogens is 381 g/mol. The predicted octanol–water partition coefficient (Wildman–Crippen LogP) is 4.42. The van der Waals surface area contributed by atoms with Crippen LogP contribution in [0.25, 0.3) is 22.2 Å². The summed E-state index contributed by atoms with van der Waals surface area (Å²) in [7, 11) is 0. The van der Waals surface area contributed by atoms with Gasteiger partial charge in [-0.1, -0.05) is 12.1 Å². The zero-order valence-corrected chi connectivity index (χ0v) is 15.3. The van der Waals surface area contributed by atoms with Crippen LogP contribution in [0.5, 0.6) is 0 Å². The lowest BCUT2D eigenvalue weighted by Crippen LogP contribution is -2.14. The molecule has 0 atom stereocenters. The first-order valence-corrected chi connectivity index (χ1v) is 8.70. The molecule has 0 aromatic carbocycles. The second-order valence-electron chi connectivity index (χ2n) is 6.37. The molecule has 4 aromatic heterocycles. The van der Waals surface area contributed by atoms with Gasteiger partial charge in [0.1, 0.15) is 17.8 Å². The highest BCUT2D eigenvalue weighted by Gasteiger charge is 2.34. The Morgan fingerprint density at radius 2 is 1.76 bits per heavy atom. The third-order valence-electron chi connectivity index (χ3n) is 4.34. The van der Waals surface area contributed by atoms with Crippen molar-refractivity contribution in [2.75, 3.05) is 5.32 Å². The Hall–Kier alpha value is -3.62. The summed E-state index contributed by atoms with van der Waals surface area (Å²) in [6.45, 7) is 1.80. The van der Waals surface area contributed by atoms with Crippen molar-refractivity contribution in [3.05, 3.63) is 72.2 Å². The Balaban J connectivity index is 1.68. The fraction of sp³-hybridized carbons (Fsp3) is 0.150. The molecule has 4 rings (SSSR count). The molecule has 0 amide bonds. The maximum Gasteiger partial charge on any atom is 0.433 e. The number of hydrogen-bond acceptors (Lipinski definition) is 6. The first kappa shape index (κ1) is 18.7. The van der Waals surface area contributed by atoms with Gasteiger partial charge in [-0.15, -0.1) is 0 Å². The van der Waals surface area contributed by atoms with Crippen LogP contribution in [-0.4, -0.2) is 24.9 Å². The SMILES string of the molecule is Cc1ccc(-c2cnc3ncnc(NCc4cccnc4C(F)(F)F)c3c2)cn1. The summed E-state index contributed by atoms with van der Waals surface area (Å²) in [5.74, 6) is 0.390. The minimum atomic E-state index is -4.53. The van der Waals surface area contributed by atoms with E-state index in [-0.39, 0.29) is 12.1 Å². The van der Waals surface area contributed by atoms with Crippen LogP contribution in [0.1, 0.15) is 17.0 Å². The van der Waals surface area contributed by atoms with Crippen molar-refractivity contribution in [1.82, 2.24) is 24.9 Å². The van der Waals surface area contributed by atoms with Crippen LogP contribution in [0, 0.1) is 6.92 Å². The van der Waals surface area contributed by atoms with E-state index in [4.69, 9.17) is 0 Å². The molecule has 0 unspecified atom stereocenters. The van der Waals surface area contributed by atoms with Crippen molar-refractivity contribution in [2.45, 2.75) is 19.6 Å². The second kappa shape index (κ2) is 7.42. The van der Waals surface area contributed by atoms with E-state index in [2.05, 4.69) is 30.2 Å². The average Bonchev–Trinajstić information content (AvgIpc) is 2.72. The van der Waals surface area contributed by atoms with Crippen LogP contribution in [0.3, 0.4) is 0 Å². The number of aromatic nitrogens is 5. The van der Waals surface area contributed by atoms with Gasteiger partial charge in [-0.05, 0) is 25.1 Å². The normalized spacial score (nSPS) is 11.6. The standard InChI is InChI=1S/C20H15F3N6/c1-12-4-5-13(8-25-12)15-7-16-18(28-11-29-19(16)27-10-15)26-9-14-3-2-6-24-17(14)20(21,22)23/h2-8,10-11H,9H2,1H3,(H,26,27,28,29). The Kier molecular flexibility index (Phi) is 4.79. The van der Waals surface area contributed by atoms with Crippen molar-refractivity contribution in [3.63, 3.8) is 0 Å². The maximum absolute atomic E-state index is 13.2. The number of fused-ring (bicyclic) bond motifs is 1. The molecule has 0 aliphatic rings. The van der Waals surface area contributed by atoms with Gasteiger partial charge in [0.15, 0.2) is 5.65 Å². The molecule has 0 saturated carbocycles. The molecule has 0 saturated heterocycles. The Morgan fingerprint density at radius 3 is 2.52 bits per heavy atom. The number of aryl methyl sites for hydroxylation is 1. The highest BCUT2D eigenvalue weighted by molar-refractivity contribution is 5.89. The highest BCUT2D eigenvalue weighted by atomic mass is 19.4. The largest absolute Gasteiger partial charge is 0.433 e. The van der Waals surface area contributed by atoms with E-state index in [0.717, 1.165) is 23.0 Å². The Labute approximate surface area is 163 Å². The van der Waals surface area contributed by atoms with Crippen LogP contribution in [0.4, 0.5) is 19.0 Å². The number of rotatable bonds is 4. The van der Waals surface area contributed by atoms with Gasteiger partial charge in [-0.2, -0.15) is 13.2 Å². The fourth-order valence-electron chi connectivity index (χ4n) is 2.90. The van der Waals surface area contributed by atoms with Gasteiger partial charge in [-0.3, -0.25) is 9.97 Å². The summed E-state index contributed by atoms with van der Waals surface area (Å²) in [6, 6.07) is 8.50. The Morgan fingerprint density at radius 1 is 0.931 bits per heavy atom. The fourth-order valence-corrected chi connectivity index (χ4v) is 2.90. The van der Waals surface area contributed by atoms with Crippen LogP contribution >= 0.6 is 0 Å². The molecular formula is C20H15F3N6. The first-order chi connectivity index (χ1) is 13.9. The summed E-state index contributed by atoms with van der Waals surface area (Å²) in [5.41, 5.74) is 2.11. The number of anilines is 1. The van der Waals surface area contributed by atoms with Crippen LogP contribution in [-0.2, 0) is 12.7 Å². The molecule has 4 aromatic rings.